The van der Waals surface area contributed by atoms with Crippen LogP contribution in [0.25, 0.3) is 28.0 Å². The molecular formula is C36H28F2O2. The number of ether oxygens (including phenoxy) is 2. The lowest BCUT2D eigenvalue weighted by Crippen LogP contribution is -2.35. The van der Waals surface area contributed by atoms with E-state index >= 15 is 0 Å². The van der Waals surface area contributed by atoms with Gasteiger partial charge in [-0.05, 0) is 77.0 Å². The molecule has 1 aliphatic carbocycles. The first-order chi connectivity index (χ1) is 19.2. The molecule has 1 atom stereocenters. The van der Waals surface area contributed by atoms with E-state index < -0.39 is 5.60 Å². The van der Waals surface area contributed by atoms with E-state index in [1.165, 1.54) is 40.5 Å². The van der Waals surface area contributed by atoms with Crippen LogP contribution in [0, 0.1) is 18.6 Å². The van der Waals surface area contributed by atoms with Gasteiger partial charge in [-0.3, -0.25) is 0 Å². The molecule has 0 aromatic heterocycles. The molecule has 5 aromatic rings. The fourth-order valence-corrected chi connectivity index (χ4v) is 6.58. The highest BCUT2D eigenvalue weighted by molar-refractivity contribution is 6.08. The quantitative estimate of drug-likeness (QED) is 0.232. The number of hydrogen-bond acceptors (Lipinski definition) is 2. The average Bonchev–Trinajstić information content (AvgIpc) is 3.19. The Kier molecular flexibility index (Phi) is 5.24. The van der Waals surface area contributed by atoms with Crippen molar-refractivity contribution in [1.29, 1.82) is 0 Å². The molecule has 1 aliphatic heterocycles. The second-order valence-corrected chi connectivity index (χ2v) is 11.3. The molecule has 2 nitrogen and oxygen atoms in total. The van der Waals surface area contributed by atoms with Gasteiger partial charge in [-0.1, -0.05) is 74.0 Å². The number of benzene rings is 5. The first-order valence-electron chi connectivity index (χ1n) is 13.4. The summed E-state index contributed by atoms with van der Waals surface area (Å²) in [4.78, 5) is 0. The van der Waals surface area contributed by atoms with Crippen molar-refractivity contribution >= 4 is 16.8 Å². The fraction of sp³-hybridized carbons (Fsp3) is 0.167. The van der Waals surface area contributed by atoms with Crippen molar-refractivity contribution in [2.45, 2.75) is 31.8 Å². The lowest BCUT2D eigenvalue weighted by atomic mass is 9.76. The molecule has 0 saturated heterocycles. The Bertz CT molecular complexity index is 1850. The maximum absolute atomic E-state index is 14.9. The van der Waals surface area contributed by atoms with E-state index in [0.717, 1.165) is 33.4 Å². The summed E-state index contributed by atoms with van der Waals surface area (Å²) in [5.74, 6) is 0.687. The largest absolute Gasteiger partial charge is 0.497 e. The first kappa shape index (κ1) is 24.6. The van der Waals surface area contributed by atoms with Crippen molar-refractivity contribution < 1.29 is 18.3 Å². The minimum atomic E-state index is -1.06. The molecule has 4 heteroatoms. The molecule has 0 spiro atoms. The van der Waals surface area contributed by atoms with Crippen LogP contribution in [0.3, 0.4) is 0 Å². The summed E-state index contributed by atoms with van der Waals surface area (Å²) in [6.45, 7) is 6.59. The van der Waals surface area contributed by atoms with Crippen LogP contribution in [-0.4, -0.2) is 7.11 Å². The highest BCUT2D eigenvalue weighted by Crippen LogP contribution is 2.58. The van der Waals surface area contributed by atoms with E-state index in [4.69, 9.17) is 9.47 Å². The summed E-state index contributed by atoms with van der Waals surface area (Å²) in [7, 11) is 1.63. The highest BCUT2D eigenvalue weighted by atomic mass is 19.1. The van der Waals surface area contributed by atoms with E-state index in [1.807, 2.05) is 36.4 Å². The van der Waals surface area contributed by atoms with Gasteiger partial charge in [-0.15, -0.1) is 0 Å². The zero-order valence-electron chi connectivity index (χ0n) is 22.8. The molecule has 0 N–H and O–H groups in total. The number of methoxy groups -OCH3 is 1. The van der Waals surface area contributed by atoms with Crippen LogP contribution in [0.4, 0.5) is 8.78 Å². The van der Waals surface area contributed by atoms with Crippen molar-refractivity contribution in [3.8, 4) is 22.6 Å². The summed E-state index contributed by atoms with van der Waals surface area (Å²) in [6.07, 6.45) is 4.15. The van der Waals surface area contributed by atoms with Crippen molar-refractivity contribution in [3.05, 3.63) is 136 Å². The smallest absolute Gasteiger partial charge is 0.178 e. The van der Waals surface area contributed by atoms with Gasteiger partial charge in [0.2, 0.25) is 0 Å². The molecule has 0 bridgehead atoms. The predicted molar refractivity (Wildman–Crippen MR) is 156 cm³/mol. The van der Waals surface area contributed by atoms with Gasteiger partial charge < -0.3 is 9.47 Å². The predicted octanol–water partition coefficient (Wildman–Crippen LogP) is 9.09. The van der Waals surface area contributed by atoms with Gasteiger partial charge in [0.25, 0.3) is 0 Å². The fourth-order valence-electron chi connectivity index (χ4n) is 6.58. The van der Waals surface area contributed by atoms with Crippen LogP contribution in [0.5, 0.6) is 11.5 Å². The van der Waals surface area contributed by atoms with Crippen LogP contribution in [0.2, 0.25) is 0 Å². The Morgan fingerprint density at radius 1 is 0.750 bits per heavy atom. The Labute approximate surface area is 232 Å². The normalized spacial score (nSPS) is 18.1. The number of halogens is 2. The molecule has 198 valence electrons. The van der Waals surface area contributed by atoms with Crippen molar-refractivity contribution in [2.24, 2.45) is 0 Å². The maximum Gasteiger partial charge on any atom is 0.178 e. The van der Waals surface area contributed by atoms with Gasteiger partial charge in [0.1, 0.15) is 23.1 Å². The van der Waals surface area contributed by atoms with E-state index in [9.17, 15) is 8.78 Å². The van der Waals surface area contributed by atoms with Gasteiger partial charge in [0.05, 0.1) is 7.11 Å². The van der Waals surface area contributed by atoms with Gasteiger partial charge in [0, 0.05) is 27.5 Å². The lowest BCUT2D eigenvalue weighted by molar-refractivity contribution is 0.163. The maximum atomic E-state index is 14.9. The third-order valence-electron chi connectivity index (χ3n) is 8.54. The van der Waals surface area contributed by atoms with E-state index in [-0.39, 0.29) is 17.0 Å². The molecule has 5 aromatic carbocycles. The second-order valence-electron chi connectivity index (χ2n) is 11.3. The van der Waals surface area contributed by atoms with Gasteiger partial charge in [0.15, 0.2) is 5.60 Å². The Balaban J connectivity index is 1.55. The van der Waals surface area contributed by atoms with Gasteiger partial charge >= 0.3 is 0 Å². The van der Waals surface area contributed by atoms with Crippen molar-refractivity contribution in [2.75, 3.05) is 7.11 Å². The van der Waals surface area contributed by atoms with Crippen LogP contribution >= 0.6 is 0 Å². The van der Waals surface area contributed by atoms with Crippen molar-refractivity contribution in [1.82, 2.24) is 0 Å². The zero-order chi connectivity index (χ0) is 27.8. The number of rotatable bonds is 3. The van der Waals surface area contributed by atoms with E-state index in [1.54, 1.807) is 25.3 Å². The summed E-state index contributed by atoms with van der Waals surface area (Å²) in [5, 5.41) is 1.66. The average molecular weight is 531 g/mol. The third-order valence-corrected chi connectivity index (χ3v) is 8.54. The summed E-state index contributed by atoms with van der Waals surface area (Å²) in [5.41, 5.74) is 7.11. The van der Waals surface area contributed by atoms with Crippen LogP contribution < -0.4 is 9.47 Å². The number of aryl methyl sites for hydroxylation is 1. The molecule has 0 saturated carbocycles. The molecule has 0 radical (unpaired) electrons. The molecule has 7 rings (SSSR count). The summed E-state index contributed by atoms with van der Waals surface area (Å²) in [6, 6.07) is 25.6. The Hall–Kier alpha value is -4.44. The topological polar surface area (TPSA) is 18.5 Å². The van der Waals surface area contributed by atoms with Gasteiger partial charge in [-0.25, -0.2) is 8.78 Å². The van der Waals surface area contributed by atoms with Crippen LogP contribution in [0.15, 0.2) is 91.0 Å². The standard InChI is InChI=1S/C36H28F2O2/c1-21-5-15-28-31(19-21)35(2,3)33-29-17-18-36(22-6-10-24(37)11-7-22,23-8-13-26(39-4)14-9-23)40-34(29)30-20-25(38)12-16-27(30)32(28)33/h5-20H,1-4H3. The molecule has 0 amide bonds. The molecular weight excluding hydrogens is 502 g/mol. The minimum absolute atomic E-state index is 0.299. The molecule has 2 aliphatic rings. The molecule has 40 heavy (non-hydrogen) atoms. The Morgan fingerprint density at radius 2 is 1.43 bits per heavy atom. The second kappa shape index (κ2) is 8.53. The summed E-state index contributed by atoms with van der Waals surface area (Å²) < 4.78 is 41.4. The Morgan fingerprint density at radius 3 is 2.12 bits per heavy atom. The monoisotopic (exact) mass is 530 g/mol. The van der Waals surface area contributed by atoms with Crippen LogP contribution in [0.1, 0.15) is 47.2 Å². The summed E-state index contributed by atoms with van der Waals surface area (Å²) >= 11 is 0. The zero-order valence-corrected chi connectivity index (χ0v) is 22.8. The number of hydrogen-bond donors (Lipinski definition) is 0. The minimum Gasteiger partial charge on any atom is -0.497 e. The molecule has 1 unspecified atom stereocenters. The number of fused-ring (bicyclic) bond motifs is 8. The van der Waals surface area contributed by atoms with E-state index in [2.05, 4.69) is 45.0 Å². The lowest BCUT2D eigenvalue weighted by Gasteiger charge is -2.38. The molecule has 1 heterocycles. The third kappa shape index (κ3) is 3.38. The van der Waals surface area contributed by atoms with E-state index in [0.29, 0.717) is 11.1 Å². The van der Waals surface area contributed by atoms with Crippen molar-refractivity contribution in [3.63, 3.8) is 0 Å². The molecule has 0 fully saturated rings. The highest BCUT2D eigenvalue weighted by Gasteiger charge is 2.44. The van der Waals surface area contributed by atoms with Crippen LogP contribution in [-0.2, 0) is 11.0 Å². The van der Waals surface area contributed by atoms with Gasteiger partial charge in [-0.2, -0.15) is 0 Å². The first-order valence-corrected chi connectivity index (χ1v) is 13.4. The SMILES string of the molecule is COc1ccc(C2(c3ccc(F)cc3)C=Cc3c4c(c5ccc(F)cc5c3O2)-c2ccc(C)cc2C4(C)C)cc1.